The molecule has 1 aliphatic rings. The van der Waals surface area contributed by atoms with Crippen LogP contribution in [0.5, 0.6) is 0 Å². The molecule has 0 saturated heterocycles. The van der Waals surface area contributed by atoms with Gasteiger partial charge in [0, 0.05) is 35.6 Å². The molecule has 41 heavy (non-hydrogen) atoms. The maximum absolute atomic E-state index is 13.4. The first-order chi connectivity index (χ1) is 19.8. The molecular formula is C29H28N4O5S3. The van der Waals surface area contributed by atoms with Crippen LogP contribution in [-0.2, 0) is 27.7 Å². The number of benzene rings is 2. The maximum atomic E-state index is 13.4. The van der Waals surface area contributed by atoms with Crippen molar-refractivity contribution in [1.29, 1.82) is 0 Å². The van der Waals surface area contributed by atoms with E-state index in [1.54, 1.807) is 16.2 Å². The first-order valence-corrected chi connectivity index (χ1v) is 15.8. The van der Waals surface area contributed by atoms with Gasteiger partial charge in [-0.05, 0) is 48.4 Å². The van der Waals surface area contributed by atoms with Crippen LogP contribution in [0.2, 0.25) is 0 Å². The number of fused-ring (bicyclic) bond motifs is 2. The lowest BCUT2D eigenvalue weighted by Gasteiger charge is -2.25. The molecule has 212 valence electrons. The molecule has 3 heterocycles. The van der Waals surface area contributed by atoms with E-state index in [0.29, 0.717) is 30.1 Å². The van der Waals surface area contributed by atoms with Gasteiger partial charge in [-0.2, -0.15) is 4.31 Å². The first-order valence-electron chi connectivity index (χ1n) is 12.7. The Morgan fingerprint density at radius 3 is 2.46 bits per heavy atom. The van der Waals surface area contributed by atoms with Gasteiger partial charge < -0.3 is 15.0 Å². The predicted molar refractivity (Wildman–Crippen MR) is 163 cm³/mol. The second-order valence-electron chi connectivity index (χ2n) is 9.21. The molecule has 5 rings (SSSR count). The highest BCUT2D eigenvalue weighted by molar-refractivity contribution is 7.89. The van der Waals surface area contributed by atoms with Crippen LogP contribution in [0.15, 0.2) is 78.7 Å². The van der Waals surface area contributed by atoms with Crippen molar-refractivity contribution in [3.05, 3.63) is 89.8 Å². The molecule has 2 amide bonds. The smallest absolute Gasteiger partial charge is 0.409 e. The third-order valence-electron chi connectivity index (χ3n) is 6.64. The second kappa shape index (κ2) is 12.0. The number of nitrogens with zero attached hydrogens (tertiary/aromatic N) is 3. The third-order valence-corrected chi connectivity index (χ3v) is 10.7. The van der Waals surface area contributed by atoms with E-state index in [1.807, 2.05) is 24.3 Å². The van der Waals surface area contributed by atoms with Gasteiger partial charge in [0.1, 0.15) is 10.0 Å². The molecular weight excluding hydrogens is 581 g/mol. The Balaban J connectivity index is 1.47. The summed E-state index contributed by atoms with van der Waals surface area (Å²) < 4.78 is 33.3. The van der Waals surface area contributed by atoms with Gasteiger partial charge >= 0.3 is 6.09 Å². The maximum Gasteiger partial charge on any atom is 0.409 e. The van der Waals surface area contributed by atoms with Crippen LogP contribution in [0, 0.1) is 0 Å². The lowest BCUT2D eigenvalue weighted by molar-refractivity contribution is 0.102. The number of amides is 2. The Kier molecular flexibility index (Phi) is 8.36. The molecule has 0 spiro atoms. The third kappa shape index (κ3) is 5.68. The zero-order valence-electron chi connectivity index (χ0n) is 22.3. The molecule has 4 aromatic rings. The van der Waals surface area contributed by atoms with Gasteiger partial charge in [-0.15, -0.1) is 35.8 Å². The number of thiazole rings is 1. The van der Waals surface area contributed by atoms with E-state index in [-0.39, 0.29) is 23.9 Å². The molecule has 0 fully saturated rings. The number of rotatable bonds is 9. The fraction of sp³-hybridized carbons (Fsp3) is 0.207. The molecule has 1 N–H and O–H groups in total. The van der Waals surface area contributed by atoms with Crippen LogP contribution in [0.25, 0.3) is 20.8 Å². The highest BCUT2D eigenvalue weighted by atomic mass is 32.2. The van der Waals surface area contributed by atoms with Gasteiger partial charge in [0.05, 0.1) is 28.8 Å². The summed E-state index contributed by atoms with van der Waals surface area (Å²) in [4.78, 5) is 33.1. The number of sulfonamides is 1. The minimum Gasteiger partial charge on any atom is -0.453 e. The molecule has 0 radical (unpaired) electrons. The number of carbonyl (C=O) groups is 2. The number of ether oxygens (including phenoxy) is 1. The molecule has 12 heteroatoms. The normalized spacial score (nSPS) is 13.2. The average Bonchev–Trinajstić information content (AvgIpc) is 3.56. The number of hydrogen-bond donors (Lipinski definition) is 1. The molecule has 2 aromatic heterocycles. The molecule has 0 aliphatic carbocycles. The number of thiophene rings is 1. The Morgan fingerprint density at radius 1 is 1.10 bits per heavy atom. The Labute approximate surface area is 246 Å². The van der Waals surface area contributed by atoms with Crippen LogP contribution in [0.3, 0.4) is 0 Å². The number of carbonyl (C=O) groups excluding carboxylic acids is 2. The summed E-state index contributed by atoms with van der Waals surface area (Å²) in [6, 6.07) is 13.7. The van der Waals surface area contributed by atoms with Gasteiger partial charge in [0.2, 0.25) is 10.0 Å². The minimum atomic E-state index is -3.79. The van der Waals surface area contributed by atoms with Crippen LogP contribution < -0.4 is 5.32 Å². The van der Waals surface area contributed by atoms with Crippen molar-refractivity contribution in [3.8, 4) is 10.6 Å². The number of para-hydroxylation sites is 1. The van der Waals surface area contributed by atoms with Crippen LogP contribution in [-0.4, -0.2) is 61.4 Å². The largest absolute Gasteiger partial charge is 0.453 e. The van der Waals surface area contributed by atoms with Gasteiger partial charge in [-0.25, -0.2) is 18.2 Å². The highest BCUT2D eigenvalue weighted by Crippen LogP contribution is 2.46. The number of anilines is 1. The van der Waals surface area contributed by atoms with Gasteiger partial charge in [-0.3, -0.25) is 4.79 Å². The van der Waals surface area contributed by atoms with Gasteiger partial charge in [-0.1, -0.05) is 24.3 Å². The molecule has 0 unspecified atom stereocenters. The van der Waals surface area contributed by atoms with Crippen molar-refractivity contribution in [1.82, 2.24) is 14.2 Å². The summed E-state index contributed by atoms with van der Waals surface area (Å²) in [7, 11) is -2.43. The van der Waals surface area contributed by atoms with E-state index in [4.69, 9.17) is 9.72 Å². The predicted octanol–water partition coefficient (Wildman–Crippen LogP) is 5.76. The molecule has 2 aromatic carbocycles. The fourth-order valence-electron chi connectivity index (χ4n) is 4.64. The van der Waals surface area contributed by atoms with Crippen molar-refractivity contribution in [2.45, 2.75) is 17.9 Å². The van der Waals surface area contributed by atoms with E-state index in [0.717, 1.165) is 31.2 Å². The average molecular weight is 609 g/mol. The molecule has 0 atom stereocenters. The summed E-state index contributed by atoms with van der Waals surface area (Å²) in [5, 5.41) is 4.45. The Bertz CT molecular complexity index is 1700. The Morgan fingerprint density at radius 2 is 1.80 bits per heavy atom. The number of nitrogens with one attached hydrogen (secondary N) is 1. The van der Waals surface area contributed by atoms with E-state index in [1.165, 1.54) is 59.2 Å². The number of methoxy groups -OCH3 is 1. The van der Waals surface area contributed by atoms with Crippen LogP contribution >= 0.6 is 22.7 Å². The number of hydrogen-bond acceptors (Lipinski definition) is 8. The first kappa shape index (κ1) is 28.7. The topological polar surface area (TPSA) is 109 Å². The van der Waals surface area contributed by atoms with Crippen molar-refractivity contribution in [2.24, 2.45) is 0 Å². The summed E-state index contributed by atoms with van der Waals surface area (Å²) in [5.41, 5.74) is 3.08. The van der Waals surface area contributed by atoms with Crippen molar-refractivity contribution in [2.75, 3.05) is 32.1 Å². The molecule has 0 saturated carbocycles. The molecule has 0 bridgehead atoms. The summed E-state index contributed by atoms with van der Waals surface area (Å²) in [6.07, 6.45) is 3.22. The standard InChI is InChI=1S/C29H28N4O5S3/c1-4-15-33(16-5-2)41(36,37)20-12-10-19(11-13-20)26(34)31-28-25(27-30-22-8-6-7-9-23(22)39-27)21-14-17-32(29(35)38-3)18-24(21)40-28/h4-13H,1-2,14-18H2,3H3,(H,31,34). The van der Waals surface area contributed by atoms with Crippen molar-refractivity contribution >= 4 is 59.9 Å². The van der Waals surface area contributed by atoms with E-state index >= 15 is 0 Å². The lowest BCUT2D eigenvalue weighted by Crippen LogP contribution is -2.35. The molecule has 9 nitrogen and oxygen atoms in total. The highest BCUT2D eigenvalue weighted by Gasteiger charge is 2.30. The second-order valence-corrected chi connectivity index (χ2v) is 13.3. The van der Waals surface area contributed by atoms with Gasteiger partial charge in [0.15, 0.2) is 0 Å². The fourth-order valence-corrected chi connectivity index (χ4v) is 8.39. The summed E-state index contributed by atoms with van der Waals surface area (Å²) in [5.74, 6) is -0.381. The minimum absolute atomic E-state index is 0.0717. The monoisotopic (exact) mass is 608 g/mol. The molecule has 1 aliphatic heterocycles. The Hall–Kier alpha value is -3.84. The quantitative estimate of drug-likeness (QED) is 0.242. The zero-order valence-corrected chi connectivity index (χ0v) is 24.8. The lowest BCUT2D eigenvalue weighted by atomic mass is 10.0. The number of aromatic nitrogens is 1. The van der Waals surface area contributed by atoms with Gasteiger partial charge in [0.25, 0.3) is 5.91 Å². The van der Waals surface area contributed by atoms with Crippen LogP contribution in [0.1, 0.15) is 20.8 Å². The van der Waals surface area contributed by atoms with E-state index in [2.05, 4.69) is 18.5 Å². The zero-order chi connectivity index (χ0) is 29.1. The SMILES string of the molecule is C=CCN(CC=C)S(=O)(=O)c1ccc(C(=O)Nc2sc3c(c2-c2nc4ccccc4s2)CCN(C(=O)OC)C3)cc1. The van der Waals surface area contributed by atoms with Crippen molar-refractivity contribution in [3.63, 3.8) is 0 Å². The van der Waals surface area contributed by atoms with Crippen LogP contribution in [0.4, 0.5) is 9.80 Å². The summed E-state index contributed by atoms with van der Waals surface area (Å²) >= 11 is 2.95. The van der Waals surface area contributed by atoms with E-state index in [9.17, 15) is 18.0 Å². The van der Waals surface area contributed by atoms with Crippen molar-refractivity contribution < 1.29 is 22.7 Å². The van der Waals surface area contributed by atoms with E-state index < -0.39 is 16.1 Å². The summed E-state index contributed by atoms with van der Waals surface area (Å²) in [6.45, 7) is 8.40.